The van der Waals surface area contributed by atoms with Crippen LogP contribution >= 0.6 is 11.3 Å². The van der Waals surface area contributed by atoms with Gasteiger partial charge in [-0.05, 0) is 36.1 Å². The molecule has 0 bridgehead atoms. The van der Waals surface area contributed by atoms with Crippen molar-refractivity contribution in [3.8, 4) is 33.6 Å². The van der Waals surface area contributed by atoms with Crippen LogP contribution in [0.15, 0.2) is 89.8 Å². The number of aryl methyl sites for hydroxylation is 1. The fourth-order valence-electron chi connectivity index (χ4n) is 3.49. The second kappa shape index (κ2) is 7.02. The fraction of sp³-hybridized carbons (Fsp3) is 0.0400. The Labute approximate surface area is 168 Å². The molecule has 2 nitrogen and oxygen atoms in total. The van der Waals surface area contributed by atoms with E-state index in [1.165, 1.54) is 5.56 Å². The van der Waals surface area contributed by atoms with Gasteiger partial charge in [-0.15, -0.1) is 0 Å². The Morgan fingerprint density at radius 3 is 2.32 bits per heavy atom. The topological polar surface area (TPSA) is 25.8 Å². The van der Waals surface area contributed by atoms with Crippen molar-refractivity contribution in [3.63, 3.8) is 0 Å². The first kappa shape index (κ1) is 16.8. The summed E-state index contributed by atoms with van der Waals surface area (Å²) in [5, 5.41) is 5.30. The molecule has 3 heteroatoms. The molecule has 3 aromatic heterocycles. The van der Waals surface area contributed by atoms with Crippen LogP contribution in [0.1, 0.15) is 5.56 Å². The first-order valence-electron chi connectivity index (χ1n) is 9.24. The van der Waals surface area contributed by atoms with Gasteiger partial charge in [0.15, 0.2) is 0 Å². The summed E-state index contributed by atoms with van der Waals surface area (Å²) in [5.74, 6) is 0. The number of hydrogen-bond donors (Lipinski definition) is 0. The first-order valence-corrected chi connectivity index (χ1v) is 10.2. The van der Waals surface area contributed by atoms with Crippen LogP contribution in [0.2, 0.25) is 0 Å². The second-order valence-electron chi connectivity index (χ2n) is 6.85. The minimum atomic E-state index is 0.964. The Kier molecular flexibility index (Phi) is 4.22. The predicted molar refractivity (Wildman–Crippen MR) is 118 cm³/mol. The van der Waals surface area contributed by atoms with Gasteiger partial charge in [-0.3, -0.25) is 4.98 Å². The van der Waals surface area contributed by atoms with Crippen molar-refractivity contribution >= 4 is 22.2 Å². The third-order valence-corrected chi connectivity index (χ3v) is 5.63. The quantitative estimate of drug-likeness (QED) is 0.338. The standard InChI is InChI=1S/C25H18N2S/c1-17-7-9-19(10-8-17)25-21(18-5-3-2-4-6-18)15-22-23(27-25)11-13-26-24(22)20-12-14-28-16-20/h2-16H,1H3. The Morgan fingerprint density at radius 2 is 1.57 bits per heavy atom. The second-order valence-corrected chi connectivity index (χ2v) is 7.63. The molecule has 0 aliphatic carbocycles. The van der Waals surface area contributed by atoms with Gasteiger partial charge in [0.1, 0.15) is 0 Å². The van der Waals surface area contributed by atoms with E-state index < -0.39 is 0 Å². The van der Waals surface area contributed by atoms with Crippen molar-refractivity contribution in [1.29, 1.82) is 0 Å². The van der Waals surface area contributed by atoms with Crippen LogP contribution in [0, 0.1) is 6.92 Å². The summed E-state index contributed by atoms with van der Waals surface area (Å²) >= 11 is 1.68. The van der Waals surface area contributed by atoms with Gasteiger partial charge < -0.3 is 0 Å². The van der Waals surface area contributed by atoms with E-state index >= 15 is 0 Å². The molecule has 28 heavy (non-hydrogen) atoms. The fourth-order valence-corrected chi connectivity index (χ4v) is 4.14. The monoisotopic (exact) mass is 378 g/mol. The number of nitrogens with zero attached hydrogens (tertiary/aromatic N) is 2. The Hall–Kier alpha value is -3.30. The first-order chi connectivity index (χ1) is 13.8. The van der Waals surface area contributed by atoms with E-state index in [-0.39, 0.29) is 0 Å². The molecule has 2 aromatic carbocycles. The summed E-state index contributed by atoms with van der Waals surface area (Å²) < 4.78 is 0. The van der Waals surface area contributed by atoms with E-state index in [1.54, 1.807) is 11.3 Å². The van der Waals surface area contributed by atoms with Crippen LogP contribution < -0.4 is 0 Å². The van der Waals surface area contributed by atoms with Crippen molar-refractivity contribution in [2.45, 2.75) is 6.92 Å². The molecule has 0 aliphatic heterocycles. The molecule has 5 aromatic rings. The Morgan fingerprint density at radius 1 is 0.750 bits per heavy atom. The van der Waals surface area contributed by atoms with E-state index in [9.17, 15) is 0 Å². The van der Waals surface area contributed by atoms with Crippen molar-refractivity contribution in [1.82, 2.24) is 9.97 Å². The van der Waals surface area contributed by atoms with Crippen molar-refractivity contribution < 1.29 is 0 Å². The molecule has 0 fully saturated rings. The highest BCUT2D eigenvalue weighted by atomic mass is 32.1. The van der Waals surface area contributed by atoms with Gasteiger partial charge >= 0.3 is 0 Å². The summed E-state index contributed by atoms with van der Waals surface area (Å²) in [7, 11) is 0. The van der Waals surface area contributed by atoms with Crippen LogP contribution in [0.4, 0.5) is 0 Å². The van der Waals surface area contributed by atoms with E-state index in [2.05, 4.69) is 83.3 Å². The zero-order chi connectivity index (χ0) is 18.9. The number of aromatic nitrogens is 2. The molecule has 0 saturated heterocycles. The summed E-state index contributed by atoms with van der Waals surface area (Å²) in [5.41, 5.74) is 8.75. The Balaban J connectivity index is 1.83. The molecular weight excluding hydrogens is 360 g/mol. The highest BCUT2D eigenvalue weighted by Gasteiger charge is 2.14. The molecule has 0 unspecified atom stereocenters. The lowest BCUT2D eigenvalue weighted by Gasteiger charge is -2.13. The number of benzene rings is 2. The third-order valence-electron chi connectivity index (χ3n) is 4.95. The molecule has 0 amide bonds. The average molecular weight is 379 g/mol. The molecule has 0 atom stereocenters. The number of fused-ring (bicyclic) bond motifs is 1. The highest BCUT2D eigenvalue weighted by molar-refractivity contribution is 7.08. The number of rotatable bonds is 3. The van der Waals surface area contributed by atoms with Crippen molar-refractivity contribution in [3.05, 3.63) is 95.3 Å². The van der Waals surface area contributed by atoms with Gasteiger partial charge in [0, 0.05) is 33.7 Å². The third kappa shape index (κ3) is 3.00. The summed E-state index contributed by atoms with van der Waals surface area (Å²) in [4.78, 5) is 9.75. The van der Waals surface area contributed by atoms with Crippen molar-refractivity contribution in [2.24, 2.45) is 0 Å². The van der Waals surface area contributed by atoms with E-state index in [4.69, 9.17) is 4.98 Å². The molecule has 134 valence electrons. The molecule has 0 saturated carbocycles. The van der Waals surface area contributed by atoms with E-state index in [0.29, 0.717) is 0 Å². The maximum Gasteiger partial charge on any atom is 0.0804 e. The molecular formula is C25H18N2S. The minimum Gasteiger partial charge on any atom is -0.255 e. The van der Waals surface area contributed by atoms with E-state index in [0.717, 1.165) is 44.5 Å². The highest BCUT2D eigenvalue weighted by Crippen LogP contribution is 2.36. The zero-order valence-corrected chi connectivity index (χ0v) is 16.3. The molecule has 5 rings (SSSR count). The largest absolute Gasteiger partial charge is 0.255 e. The Bertz CT molecular complexity index is 1240. The zero-order valence-electron chi connectivity index (χ0n) is 15.5. The van der Waals surface area contributed by atoms with Gasteiger partial charge in [-0.1, -0.05) is 60.2 Å². The van der Waals surface area contributed by atoms with Crippen LogP contribution in [-0.4, -0.2) is 9.97 Å². The van der Waals surface area contributed by atoms with Crippen LogP contribution in [0.5, 0.6) is 0 Å². The van der Waals surface area contributed by atoms with Gasteiger partial charge in [-0.25, -0.2) is 4.98 Å². The average Bonchev–Trinajstić information content (AvgIpc) is 3.28. The van der Waals surface area contributed by atoms with Gasteiger partial charge in [0.05, 0.1) is 16.9 Å². The molecule has 0 N–H and O–H groups in total. The predicted octanol–water partition coefficient (Wildman–Crippen LogP) is 7.00. The maximum absolute atomic E-state index is 5.09. The van der Waals surface area contributed by atoms with Gasteiger partial charge in [0.2, 0.25) is 0 Å². The lowest BCUT2D eigenvalue weighted by molar-refractivity contribution is 1.32. The normalized spacial score (nSPS) is 11.0. The SMILES string of the molecule is Cc1ccc(-c2nc3ccnc(-c4ccsc4)c3cc2-c2ccccc2)cc1. The van der Waals surface area contributed by atoms with Crippen LogP contribution in [-0.2, 0) is 0 Å². The molecule has 0 aliphatic rings. The number of hydrogen-bond acceptors (Lipinski definition) is 3. The van der Waals surface area contributed by atoms with Gasteiger partial charge in [0.25, 0.3) is 0 Å². The molecule has 0 spiro atoms. The van der Waals surface area contributed by atoms with Crippen LogP contribution in [0.25, 0.3) is 44.5 Å². The summed E-state index contributed by atoms with van der Waals surface area (Å²) in [6.45, 7) is 2.11. The maximum atomic E-state index is 5.09. The van der Waals surface area contributed by atoms with E-state index in [1.807, 2.05) is 18.3 Å². The number of thiophene rings is 1. The summed E-state index contributed by atoms with van der Waals surface area (Å²) in [6, 6.07) is 25.4. The van der Waals surface area contributed by atoms with Gasteiger partial charge in [-0.2, -0.15) is 11.3 Å². The lowest BCUT2D eigenvalue weighted by Crippen LogP contribution is -1.94. The van der Waals surface area contributed by atoms with Crippen LogP contribution in [0.3, 0.4) is 0 Å². The smallest absolute Gasteiger partial charge is 0.0804 e. The van der Waals surface area contributed by atoms with Crippen molar-refractivity contribution in [2.75, 3.05) is 0 Å². The lowest BCUT2D eigenvalue weighted by atomic mass is 9.96. The molecule has 3 heterocycles. The summed E-state index contributed by atoms with van der Waals surface area (Å²) in [6.07, 6.45) is 1.85. The number of pyridine rings is 2. The minimum absolute atomic E-state index is 0.964. The molecule has 0 radical (unpaired) electrons.